The van der Waals surface area contributed by atoms with Crippen LogP contribution in [0.1, 0.15) is 12.8 Å². The first-order valence-corrected chi connectivity index (χ1v) is 8.40. The Balaban J connectivity index is 1.64. The fraction of sp³-hybridized carbons (Fsp3) is 0.316. The standard InChI is InChI=1S/C19H20FN3O2/c1-25-14-3-2-8-23(11-14)18-7-6-15(19(20)22-18)17-9-12-4-5-13(24)10-16(12)21-17/h4-7,9-10,14,21,24H,2-3,8,11H2,1H3. The third kappa shape index (κ3) is 3.05. The number of aromatic amines is 1. The second kappa shape index (κ2) is 6.37. The van der Waals surface area contributed by atoms with Crippen LogP contribution in [-0.2, 0) is 4.74 Å². The molecule has 1 aromatic carbocycles. The topological polar surface area (TPSA) is 61.4 Å². The number of aromatic nitrogens is 2. The second-order valence-corrected chi connectivity index (χ2v) is 6.41. The minimum atomic E-state index is -0.507. The summed E-state index contributed by atoms with van der Waals surface area (Å²) in [5.74, 6) is 0.303. The number of hydrogen-bond donors (Lipinski definition) is 2. The average Bonchev–Trinajstić information content (AvgIpc) is 3.04. The summed E-state index contributed by atoms with van der Waals surface area (Å²) in [5, 5.41) is 10.5. The Morgan fingerprint density at radius 1 is 1.28 bits per heavy atom. The van der Waals surface area contributed by atoms with Crippen LogP contribution >= 0.6 is 0 Å². The maximum Gasteiger partial charge on any atom is 0.224 e. The lowest BCUT2D eigenvalue weighted by Gasteiger charge is -2.32. The van der Waals surface area contributed by atoms with Gasteiger partial charge in [-0.2, -0.15) is 4.39 Å². The highest BCUT2D eigenvalue weighted by Crippen LogP contribution is 2.29. The van der Waals surface area contributed by atoms with Crippen LogP contribution in [0.2, 0.25) is 0 Å². The monoisotopic (exact) mass is 341 g/mol. The maximum absolute atomic E-state index is 14.6. The van der Waals surface area contributed by atoms with Crippen molar-refractivity contribution in [2.75, 3.05) is 25.1 Å². The molecule has 1 aliphatic rings. The van der Waals surface area contributed by atoms with Crippen molar-refractivity contribution in [2.24, 2.45) is 0 Å². The molecule has 25 heavy (non-hydrogen) atoms. The number of benzene rings is 1. The van der Waals surface area contributed by atoms with E-state index in [4.69, 9.17) is 4.74 Å². The zero-order chi connectivity index (χ0) is 17.4. The number of anilines is 1. The van der Waals surface area contributed by atoms with E-state index in [-0.39, 0.29) is 11.9 Å². The number of aromatic hydroxyl groups is 1. The number of nitrogens with zero attached hydrogens (tertiary/aromatic N) is 2. The number of halogens is 1. The summed E-state index contributed by atoms with van der Waals surface area (Å²) in [6.45, 7) is 1.59. The summed E-state index contributed by atoms with van der Waals surface area (Å²) in [7, 11) is 1.71. The van der Waals surface area contributed by atoms with Gasteiger partial charge >= 0.3 is 0 Å². The predicted octanol–water partition coefficient (Wildman–Crippen LogP) is 3.69. The molecule has 6 heteroatoms. The molecule has 1 aliphatic heterocycles. The molecule has 0 aliphatic carbocycles. The van der Waals surface area contributed by atoms with Crippen LogP contribution in [0.25, 0.3) is 22.2 Å². The number of methoxy groups -OCH3 is 1. The summed E-state index contributed by atoms with van der Waals surface area (Å²) < 4.78 is 20.1. The van der Waals surface area contributed by atoms with Gasteiger partial charge in [-0.25, -0.2) is 4.98 Å². The third-order valence-electron chi connectivity index (χ3n) is 4.77. The molecular weight excluding hydrogens is 321 g/mol. The first-order chi connectivity index (χ1) is 12.1. The lowest BCUT2D eigenvalue weighted by Crippen LogP contribution is -2.39. The Morgan fingerprint density at radius 2 is 2.16 bits per heavy atom. The Labute approximate surface area is 145 Å². The predicted molar refractivity (Wildman–Crippen MR) is 95.4 cm³/mol. The van der Waals surface area contributed by atoms with E-state index in [9.17, 15) is 9.50 Å². The number of phenols is 1. The molecule has 0 spiro atoms. The molecule has 5 nitrogen and oxygen atoms in total. The van der Waals surface area contributed by atoms with Crippen molar-refractivity contribution in [1.29, 1.82) is 0 Å². The molecule has 3 heterocycles. The van der Waals surface area contributed by atoms with Crippen molar-refractivity contribution in [1.82, 2.24) is 9.97 Å². The van der Waals surface area contributed by atoms with Crippen molar-refractivity contribution < 1.29 is 14.2 Å². The van der Waals surface area contributed by atoms with E-state index in [0.29, 0.717) is 17.1 Å². The Bertz CT molecular complexity index is 909. The molecule has 0 radical (unpaired) electrons. The first kappa shape index (κ1) is 15.9. The van der Waals surface area contributed by atoms with Gasteiger partial charge in [-0.1, -0.05) is 0 Å². The van der Waals surface area contributed by atoms with Crippen molar-refractivity contribution in [3.63, 3.8) is 0 Å². The summed E-state index contributed by atoms with van der Waals surface area (Å²) in [6, 6.07) is 10.5. The van der Waals surface area contributed by atoms with E-state index in [1.807, 2.05) is 12.1 Å². The van der Waals surface area contributed by atoms with E-state index in [1.54, 1.807) is 31.4 Å². The number of ether oxygens (including phenoxy) is 1. The van der Waals surface area contributed by atoms with Crippen molar-refractivity contribution >= 4 is 16.7 Å². The van der Waals surface area contributed by atoms with Gasteiger partial charge in [-0.05, 0) is 43.2 Å². The molecule has 0 bridgehead atoms. The average molecular weight is 341 g/mol. The van der Waals surface area contributed by atoms with Gasteiger partial charge in [0.05, 0.1) is 17.4 Å². The Kier molecular flexibility index (Phi) is 4.05. The highest BCUT2D eigenvalue weighted by atomic mass is 19.1. The molecule has 1 fully saturated rings. The molecule has 1 unspecified atom stereocenters. The number of fused-ring (bicyclic) bond motifs is 1. The van der Waals surface area contributed by atoms with E-state index in [1.165, 1.54) is 0 Å². The number of hydrogen-bond acceptors (Lipinski definition) is 4. The van der Waals surface area contributed by atoms with Gasteiger partial charge in [0.2, 0.25) is 5.95 Å². The van der Waals surface area contributed by atoms with Crippen molar-refractivity contribution in [3.05, 3.63) is 42.3 Å². The fourth-order valence-electron chi connectivity index (χ4n) is 3.40. The smallest absolute Gasteiger partial charge is 0.224 e. The minimum absolute atomic E-state index is 0.166. The van der Waals surface area contributed by atoms with Crippen LogP contribution in [0.4, 0.5) is 10.2 Å². The lowest BCUT2D eigenvalue weighted by atomic mass is 10.1. The molecule has 1 atom stereocenters. The lowest BCUT2D eigenvalue weighted by molar-refractivity contribution is 0.0891. The van der Waals surface area contributed by atoms with Gasteiger partial charge in [0, 0.05) is 37.2 Å². The highest BCUT2D eigenvalue weighted by molar-refractivity contribution is 5.86. The number of phenolic OH excluding ortho intramolecular Hbond substituents is 1. The van der Waals surface area contributed by atoms with E-state index >= 15 is 0 Å². The number of piperidine rings is 1. The van der Waals surface area contributed by atoms with E-state index in [2.05, 4.69) is 14.9 Å². The fourth-order valence-corrected chi connectivity index (χ4v) is 3.40. The molecule has 130 valence electrons. The van der Waals surface area contributed by atoms with Gasteiger partial charge in [0.25, 0.3) is 0 Å². The zero-order valence-corrected chi connectivity index (χ0v) is 14.0. The molecule has 2 N–H and O–H groups in total. The van der Waals surface area contributed by atoms with Gasteiger partial charge in [0.15, 0.2) is 0 Å². The molecule has 0 amide bonds. The molecule has 4 rings (SSSR count). The quantitative estimate of drug-likeness (QED) is 0.713. The maximum atomic E-state index is 14.6. The molecule has 3 aromatic rings. The van der Waals surface area contributed by atoms with E-state index in [0.717, 1.165) is 36.8 Å². The number of nitrogens with one attached hydrogen (secondary N) is 1. The van der Waals surface area contributed by atoms with Crippen molar-refractivity contribution in [2.45, 2.75) is 18.9 Å². The summed E-state index contributed by atoms with van der Waals surface area (Å²) in [5.41, 5.74) is 1.82. The molecule has 2 aromatic heterocycles. The first-order valence-electron chi connectivity index (χ1n) is 8.40. The number of H-pyrrole nitrogens is 1. The van der Waals surface area contributed by atoms with Crippen LogP contribution < -0.4 is 4.90 Å². The third-order valence-corrected chi connectivity index (χ3v) is 4.77. The van der Waals surface area contributed by atoms with Gasteiger partial charge in [-0.15, -0.1) is 0 Å². The Hall–Kier alpha value is -2.60. The van der Waals surface area contributed by atoms with Gasteiger partial charge in [-0.3, -0.25) is 0 Å². The molecular formula is C19H20FN3O2. The van der Waals surface area contributed by atoms with Crippen LogP contribution in [0, 0.1) is 5.95 Å². The van der Waals surface area contributed by atoms with Crippen LogP contribution in [0.3, 0.4) is 0 Å². The van der Waals surface area contributed by atoms with Gasteiger partial charge in [0.1, 0.15) is 11.6 Å². The number of pyridine rings is 1. The highest BCUT2D eigenvalue weighted by Gasteiger charge is 2.21. The second-order valence-electron chi connectivity index (χ2n) is 6.41. The van der Waals surface area contributed by atoms with Crippen LogP contribution in [0.5, 0.6) is 5.75 Å². The Morgan fingerprint density at radius 3 is 2.96 bits per heavy atom. The summed E-state index contributed by atoms with van der Waals surface area (Å²) >= 11 is 0. The number of rotatable bonds is 3. The minimum Gasteiger partial charge on any atom is -0.508 e. The molecule has 1 saturated heterocycles. The van der Waals surface area contributed by atoms with Crippen molar-refractivity contribution in [3.8, 4) is 17.0 Å². The largest absolute Gasteiger partial charge is 0.508 e. The normalized spacial score (nSPS) is 18.0. The SMILES string of the molecule is COC1CCCN(c2ccc(-c3cc4ccc(O)cc4[nH]3)c(F)n2)C1. The zero-order valence-electron chi connectivity index (χ0n) is 14.0. The summed E-state index contributed by atoms with van der Waals surface area (Å²) in [6.07, 6.45) is 2.20. The van der Waals surface area contributed by atoms with Gasteiger partial charge < -0.3 is 19.7 Å². The summed E-state index contributed by atoms with van der Waals surface area (Å²) in [4.78, 5) is 9.36. The van der Waals surface area contributed by atoms with Crippen LogP contribution in [-0.4, -0.2) is 41.4 Å². The van der Waals surface area contributed by atoms with Crippen LogP contribution in [0.15, 0.2) is 36.4 Å². The molecule has 0 saturated carbocycles. The van der Waals surface area contributed by atoms with E-state index < -0.39 is 5.95 Å².